The van der Waals surface area contributed by atoms with Crippen molar-refractivity contribution in [2.45, 2.75) is 52.4 Å². The lowest BCUT2D eigenvalue weighted by atomic mass is 9.68. The van der Waals surface area contributed by atoms with Gasteiger partial charge in [-0.1, -0.05) is 39.0 Å². The quantitative estimate of drug-likeness (QED) is 0.619. The molecular formula is C17H22O. The Hall–Kier alpha value is -1.24. The van der Waals surface area contributed by atoms with Crippen LogP contribution in [0.2, 0.25) is 0 Å². The zero-order valence-electron chi connectivity index (χ0n) is 11.6. The second kappa shape index (κ2) is 4.15. The Labute approximate surface area is 110 Å². The van der Waals surface area contributed by atoms with Gasteiger partial charge >= 0.3 is 0 Å². The third-order valence-electron chi connectivity index (χ3n) is 4.14. The molecule has 1 aliphatic carbocycles. The second-order valence-corrected chi connectivity index (χ2v) is 6.59. The van der Waals surface area contributed by atoms with E-state index in [9.17, 15) is 0 Å². The van der Waals surface area contributed by atoms with Crippen LogP contribution < -0.4 is 4.74 Å². The minimum absolute atomic E-state index is 0.262. The van der Waals surface area contributed by atoms with Crippen LogP contribution in [-0.2, 0) is 0 Å². The van der Waals surface area contributed by atoms with Gasteiger partial charge in [-0.15, -0.1) is 0 Å². The minimum Gasteiger partial charge on any atom is -0.461 e. The average molecular weight is 242 g/mol. The molecule has 1 aromatic carbocycles. The van der Waals surface area contributed by atoms with E-state index in [1.165, 1.54) is 30.6 Å². The predicted molar refractivity (Wildman–Crippen MR) is 74.8 cm³/mol. The minimum atomic E-state index is 0.262. The van der Waals surface area contributed by atoms with Crippen LogP contribution in [0.1, 0.15) is 57.9 Å². The van der Waals surface area contributed by atoms with Gasteiger partial charge in [-0.2, -0.15) is 0 Å². The Bertz CT molecular complexity index is 491. The van der Waals surface area contributed by atoms with Gasteiger partial charge in [0.2, 0.25) is 0 Å². The molecule has 0 saturated carbocycles. The average Bonchev–Trinajstić information content (AvgIpc) is 2.34. The van der Waals surface area contributed by atoms with Crippen molar-refractivity contribution in [1.82, 2.24) is 0 Å². The molecule has 1 aliphatic heterocycles. The molecule has 3 rings (SSSR count). The predicted octanol–water partition coefficient (Wildman–Crippen LogP) is 5.04. The molecule has 0 amide bonds. The normalized spacial score (nSPS) is 23.2. The summed E-state index contributed by atoms with van der Waals surface area (Å²) in [6.07, 6.45) is 4.93. The highest BCUT2D eigenvalue weighted by molar-refractivity contribution is 5.47. The first kappa shape index (κ1) is 11.8. The standard InChI is InChI=1S/C17H22O/c1-17(2,3)16-12-8-4-6-10-14(12)18-15-11-7-5-9-13(15)16/h4,6,8,10,16H,5,7,9,11H2,1-3H3. The fourth-order valence-corrected chi connectivity index (χ4v) is 3.44. The van der Waals surface area contributed by atoms with Crippen molar-refractivity contribution in [2.75, 3.05) is 0 Å². The summed E-state index contributed by atoms with van der Waals surface area (Å²) in [6.45, 7) is 7.04. The van der Waals surface area contributed by atoms with Gasteiger partial charge in [0.15, 0.2) is 0 Å². The Morgan fingerprint density at radius 1 is 1.06 bits per heavy atom. The Morgan fingerprint density at radius 3 is 2.56 bits per heavy atom. The van der Waals surface area contributed by atoms with E-state index in [-0.39, 0.29) is 5.41 Å². The molecule has 1 heteroatoms. The SMILES string of the molecule is CC(C)(C)C1C2=C(CCCC2)Oc2ccccc21. The van der Waals surface area contributed by atoms with Crippen molar-refractivity contribution in [3.8, 4) is 5.75 Å². The maximum atomic E-state index is 6.14. The van der Waals surface area contributed by atoms with Crippen molar-refractivity contribution in [2.24, 2.45) is 5.41 Å². The topological polar surface area (TPSA) is 9.23 Å². The van der Waals surface area contributed by atoms with Gasteiger partial charge < -0.3 is 4.74 Å². The largest absolute Gasteiger partial charge is 0.461 e. The summed E-state index contributed by atoms with van der Waals surface area (Å²) in [5.41, 5.74) is 3.20. The maximum Gasteiger partial charge on any atom is 0.130 e. The van der Waals surface area contributed by atoms with Crippen LogP contribution in [0, 0.1) is 5.41 Å². The molecule has 1 atom stereocenters. The summed E-state index contributed by atoms with van der Waals surface area (Å²) >= 11 is 0. The van der Waals surface area contributed by atoms with Crippen molar-refractivity contribution in [1.29, 1.82) is 0 Å². The molecule has 0 saturated heterocycles. The molecule has 0 radical (unpaired) electrons. The molecule has 0 N–H and O–H groups in total. The van der Waals surface area contributed by atoms with E-state index in [0.29, 0.717) is 5.92 Å². The zero-order chi connectivity index (χ0) is 12.8. The van der Waals surface area contributed by atoms with E-state index >= 15 is 0 Å². The van der Waals surface area contributed by atoms with Crippen molar-refractivity contribution >= 4 is 0 Å². The maximum absolute atomic E-state index is 6.14. The number of para-hydroxylation sites is 1. The summed E-state index contributed by atoms with van der Waals surface area (Å²) in [7, 11) is 0. The van der Waals surface area contributed by atoms with Crippen LogP contribution in [0.5, 0.6) is 5.75 Å². The van der Waals surface area contributed by atoms with Gasteiger partial charge in [-0.05, 0) is 36.3 Å². The first-order valence-electron chi connectivity index (χ1n) is 7.06. The van der Waals surface area contributed by atoms with Gasteiger partial charge in [0.1, 0.15) is 11.5 Å². The fourth-order valence-electron chi connectivity index (χ4n) is 3.44. The highest BCUT2D eigenvalue weighted by Gasteiger charge is 2.37. The number of allylic oxidation sites excluding steroid dienone is 2. The molecule has 0 bridgehead atoms. The van der Waals surface area contributed by atoms with Gasteiger partial charge in [0.25, 0.3) is 0 Å². The van der Waals surface area contributed by atoms with Gasteiger partial charge in [-0.3, -0.25) is 0 Å². The first-order valence-corrected chi connectivity index (χ1v) is 7.06. The van der Waals surface area contributed by atoms with Crippen LogP contribution >= 0.6 is 0 Å². The number of hydrogen-bond acceptors (Lipinski definition) is 1. The lowest BCUT2D eigenvalue weighted by Crippen LogP contribution is -2.27. The van der Waals surface area contributed by atoms with Crippen LogP contribution in [0.3, 0.4) is 0 Å². The number of benzene rings is 1. The van der Waals surface area contributed by atoms with E-state index in [2.05, 4.69) is 45.0 Å². The van der Waals surface area contributed by atoms with E-state index < -0.39 is 0 Å². The number of hydrogen-bond donors (Lipinski definition) is 0. The van der Waals surface area contributed by atoms with E-state index in [1.807, 2.05) is 0 Å². The van der Waals surface area contributed by atoms with Crippen molar-refractivity contribution < 1.29 is 4.74 Å². The number of rotatable bonds is 0. The molecule has 96 valence electrons. The summed E-state index contributed by atoms with van der Waals surface area (Å²) in [5, 5.41) is 0. The summed E-state index contributed by atoms with van der Waals surface area (Å²) in [5.74, 6) is 2.87. The van der Waals surface area contributed by atoms with E-state index in [4.69, 9.17) is 4.74 Å². The molecule has 1 heterocycles. The smallest absolute Gasteiger partial charge is 0.130 e. The summed E-state index contributed by atoms with van der Waals surface area (Å²) in [6, 6.07) is 8.57. The molecule has 1 aromatic rings. The molecule has 1 unspecified atom stereocenters. The molecular weight excluding hydrogens is 220 g/mol. The number of fused-ring (bicyclic) bond motifs is 1. The molecule has 18 heavy (non-hydrogen) atoms. The van der Waals surface area contributed by atoms with Crippen LogP contribution in [0.15, 0.2) is 35.6 Å². The highest BCUT2D eigenvalue weighted by Crippen LogP contribution is 2.51. The van der Waals surface area contributed by atoms with Crippen molar-refractivity contribution in [3.05, 3.63) is 41.2 Å². The summed E-state index contributed by atoms with van der Waals surface area (Å²) < 4.78 is 6.14. The van der Waals surface area contributed by atoms with E-state index in [1.54, 1.807) is 5.57 Å². The highest BCUT2D eigenvalue weighted by atomic mass is 16.5. The second-order valence-electron chi connectivity index (χ2n) is 6.59. The van der Waals surface area contributed by atoms with Crippen LogP contribution in [0.4, 0.5) is 0 Å². The first-order chi connectivity index (χ1) is 8.57. The van der Waals surface area contributed by atoms with E-state index in [0.717, 1.165) is 12.2 Å². The molecule has 1 nitrogen and oxygen atoms in total. The Balaban J connectivity index is 2.14. The molecule has 2 aliphatic rings. The fraction of sp³-hybridized carbons (Fsp3) is 0.529. The summed E-state index contributed by atoms with van der Waals surface area (Å²) in [4.78, 5) is 0. The molecule has 0 aromatic heterocycles. The van der Waals surface area contributed by atoms with Gasteiger partial charge in [0, 0.05) is 17.9 Å². The van der Waals surface area contributed by atoms with Crippen LogP contribution in [-0.4, -0.2) is 0 Å². The Kier molecular flexibility index (Phi) is 2.73. The lowest BCUT2D eigenvalue weighted by molar-refractivity contribution is 0.278. The van der Waals surface area contributed by atoms with Gasteiger partial charge in [0.05, 0.1) is 0 Å². The zero-order valence-corrected chi connectivity index (χ0v) is 11.6. The lowest BCUT2D eigenvalue weighted by Gasteiger charge is -2.40. The monoisotopic (exact) mass is 242 g/mol. The van der Waals surface area contributed by atoms with Crippen molar-refractivity contribution in [3.63, 3.8) is 0 Å². The van der Waals surface area contributed by atoms with Gasteiger partial charge in [-0.25, -0.2) is 0 Å². The number of ether oxygens (including phenoxy) is 1. The third-order valence-corrected chi connectivity index (χ3v) is 4.14. The third kappa shape index (κ3) is 1.86. The molecule has 0 fully saturated rings. The van der Waals surface area contributed by atoms with Crippen LogP contribution in [0.25, 0.3) is 0 Å². The Morgan fingerprint density at radius 2 is 1.78 bits per heavy atom. The molecule has 0 spiro atoms.